The Hall–Kier alpha value is -3.00. The molecule has 1 aliphatic rings. The molecule has 0 amide bonds. The molecule has 0 saturated heterocycles. The molecule has 0 saturated carbocycles. The molecular weight excluding hydrogens is 761 g/mol. The zero-order valence-corrected chi connectivity index (χ0v) is 42.4. The second-order valence-corrected chi connectivity index (χ2v) is 19.4. The summed E-state index contributed by atoms with van der Waals surface area (Å²) in [6, 6.07) is 14.5. The molecule has 0 spiro atoms. The van der Waals surface area contributed by atoms with Crippen molar-refractivity contribution in [3.8, 4) is 0 Å². The van der Waals surface area contributed by atoms with Gasteiger partial charge in [0.15, 0.2) is 0 Å². The summed E-state index contributed by atoms with van der Waals surface area (Å²) in [5, 5.41) is 0. The SMILES string of the molecule is CCCCCCCCCCCC=Cc1cc(C=CCCCCCCCCCCC)cc(C2=C(CCCC)C(CCCCC)=C(c3cc(CCCCC)cc(CCCCC)c3)[N+]2=[N-])c1. The van der Waals surface area contributed by atoms with E-state index in [-0.39, 0.29) is 0 Å². The second kappa shape index (κ2) is 35.3. The van der Waals surface area contributed by atoms with Crippen molar-refractivity contribution < 1.29 is 4.70 Å². The Kier molecular flexibility index (Phi) is 30.4. The summed E-state index contributed by atoms with van der Waals surface area (Å²) in [4.78, 5) is 0. The summed E-state index contributed by atoms with van der Waals surface area (Å²) in [5.74, 6) is 0. The predicted molar refractivity (Wildman–Crippen MR) is 282 cm³/mol. The number of hydrogen-bond donors (Lipinski definition) is 0. The molecule has 352 valence electrons. The van der Waals surface area contributed by atoms with Gasteiger partial charge in [0.1, 0.15) is 0 Å². The fourth-order valence-corrected chi connectivity index (χ4v) is 9.63. The average Bonchev–Trinajstić information content (AvgIpc) is 3.56. The summed E-state index contributed by atoms with van der Waals surface area (Å²) in [7, 11) is 0. The van der Waals surface area contributed by atoms with Crippen LogP contribution in [-0.4, -0.2) is 4.70 Å². The Morgan fingerprint density at radius 1 is 0.349 bits per heavy atom. The van der Waals surface area contributed by atoms with Gasteiger partial charge < -0.3 is 5.53 Å². The van der Waals surface area contributed by atoms with E-state index < -0.39 is 0 Å². The highest BCUT2D eigenvalue weighted by molar-refractivity contribution is 5.83. The normalized spacial score (nSPS) is 13.3. The highest BCUT2D eigenvalue weighted by Crippen LogP contribution is 2.45. The van der Waals surface area contributed by atoms with Crippen LogP contribution in [0.5, 0.6) is 0 Å². The van der Waals surface area contributed by atoms with Gasteiger partial charge in [-0.15, -0.1) is 0 Å². The Morgan fingerprint density at radius 2 is 0.683 bits per heavy atom. The maximum absolute atomic E-state index is 12.8. The van der Waals surface area contributed by atoms with E-state index in [9.17, 15) is 5.53 Å². The van der Waals surface area contributed by atoms with Gasteiger partial charge in [-0.1, -0.05) is 220 Å². The first kappa shape index (κ1) is 54.3. The largest absolute Gasteiger partial charge is 0.493 e. The zero-order valence-electron chi connectivity index (χ0n) is 42.4. The van der Waals surface area contributed by atoms with Gasteiger partial charge in [0.2, 0.25) is 11.4 Å². The monoisotopic (exact) mass is 859 g/mol. The van der Waals surface area contributed by atoms with Gasteiger partial charge in [-0.05, 0) is 130 Å². The number of hydrogen-bond acceptors (Lipinski definition) is 0. The van der Waals surface area contributed by atoms with E-state index in [2.05, 4.69) is 102 Å². The predicted octanol–water partition coefficient (Wildman–Crippen LogP) is 21.0. The van der Waals surface area contributed by atoms with Crippen LogP contribution in [0.3, 0.4) is 0 Å². The van der Waals surface area contributed by atoms with Crippen molar-refractivity contribution in [2.75, 3.05) is 0 Å². The van der Waals surface area contributed by atoms with Crippen molar-refractivity contribution >= 4 is 23.5 Å². The number of rotatable bonds is 39. The molecule has 3 rings (SSSR count). The van der Waals surface area contributed by atoms with Crippen LogP contribution >= 0.6 is 0 Å². The smallest absolute Gasteiger partial charge is 0.211 e. The lowest BCUT2D eigenvalue weighted by atomic mass is 9.90. The number of benzene rings is 2. The molecule has 1 aliphatic heterocycles. The van der Waals surface area contributed by atoms with E-state index in [1.807, 2.05) is 0 Å². The molecule has 0 N–H and O–H groups in total. The third-order valence-electron chi connectivity index (χ3n) is 13.5. The summed E-state index contributed by atoms with van der Waals surface area (Å²) in [6.45, 7) is 13.8. The van der Waals surface area contributed by atoms with Gasteiger partial charge in [-0.2, -0.15) is 0 Å². The molecule has 0 unspecified atom stereocenters. The lowest BCUT2D eigenvalue weighted by molar-refractivity contribution is -0.345. The Labute approximate surface area is 391 Å². The molecular formula is C61H98N2. The number of allylic oxidation sites excluding steroid dienone is 4. The fourth-order valence-electron chi connectivity index (χ4n) is 9.63. The van der Waals surface area contributed by atoms with Crippen molar-refractivity contribution in [1.82, 2.24) is 0 Å². The van der Waals surface area contributed by atoms with Gasteiger partial charge in [-0.3, -0.25) is 0 Å². The molecule has 0 aliphatic carbocycles. The van der Waals surface area contributed by atoms with Crippen LogP contribution in [0.25, 0.3) is 29.1 Å². The van der Waals surface area contributed by atoms with E-state index in [0.717, 1.165) is 74.7 Å². The minimum Gasteiger partial charge on any atom is -0.493 e. The quantitative estimate of drug-likeness (QED) is 0.0473. The van der Waals surface area contributed by atoms with Crippen molar-refractivity contribution in [3.63, 3.8) is 0 Å². The Bertz CT molecular complexity index is 1570. The molecule has 0 atom stereocenters. The summed E-state index contributed by atoms with van der Waals surface area (Å²) in [5.41, 5.74) is 25.3. The van der Waals surface area contributed by atoms with Crippen LogP contribution in [0.15, 0.2) is 59.7 Å². The molecule has 2 heteroatoms. The molecule has 2 aromatic carbocycles. The van der Waals surface area contributed by atoms with Crippen LogP contribution in [0.2, 0.25) is 0 Å². The van der Waals surface area contributed by atoms with E-state index in [1.54, 1.807) is 4.70 Å². The summed E-state index contributed by atoms with van der Waals surface area (Å²) in [6.07, 6.45) is 53.9. The Morgan fingerprint density at radius 3 is 1.10 bits per heavy atom. The van der Waals surface area contributed by atoms with Gasteiger partial charge in [-0.25, -0.2) is 4.70 Å². The minimum absolute atomic E-state index is 0.996. The average molecular weight is 859 g/mol. The van der Waals surface area contributed by atoms with Crippen LogP contribution in [-0.2, 0) is 12.8 Å². The fraction of sp³-hybridized carbons (Fsp3) is 0.672. The van der Waals surface area contributed by atoms with Crippen molar-refractivity contribution in [3.05, 3.63) is 98.6 Å². The van der Waals surface area contributed by atoms with Crippen molar-refractivity contribution in [2.24, 2.45) is 0 Å². The lowest BCUT2D eigenvalue weighted by Crippen LogP contribution is -2.05. The van der Waals surface area contributed by atoms with Crippen molar-refractivity contribution in [2.45, 2.75) is 266 Å². The maximum Gasteiger partial charge on any atom is 0.211 e. The first-order valence-corrected chi connectivity index (χ1v) is 27.6. The highest BCUT2D eigenvalue weighted by Gasteiger charge is 2.35. The molecule has 63 heavy (non-hydrogen) atoms. The third kappa shape index (κ3) is 21.7. The van der Waals surface area contributed by atoms with E-state index in [1.165, 1.54) is 206 Å². The van der Waals surface area contributed by atoms with Crippen molar-refractivity contribution in [1.29, 1.82) is 0 Å². The zero-order chi connectivity index (χ0) is 45.2. The molecule has 2 aromatic rings. The van der Waals surface area contributed by atoms with Gasteiger partial charge in [0, 0.05) is 22.3 Å². The third-order valence-corrected chi connectivity index (χ3v) is 13.5. The first-order chi connectivity index (χ1) is 31.0. The molecule has 2 nitrogen and oxygen atoms in total. The molecule has 0 bridgehead atoms. The van der Waals surface area contributed by atoms with E-state index >= 15 is 0 Å². The second-order valence-electron chi connectivity index (χ2n) is 19.4. The molecule has 1 heterocycles. The highest BCUT2D eigenvalue weighted by atomic mass is 15.2. The van der Waals surface area contributed by atoms with E-state index in [0.29, 0.717) is 0 Å². The summed E-state index contributed by atoms with van der Waals surface area (Å²) >= 11 is 0. The van der Waals surface area contributed by atoms with E-state index in [4.69, 9.17) is 0 Å². The van der Waals surface area contributed by atoms with Gasteiger partial charge in [0.25, 0.3) is 0 Å². The number of aryl methyl sites for hydroxylation is 2. The van der Waals surface area contributed by atoms with Crippen LogP contribution in [0.4, 0.5) is 0 Å². The minimum atomic E-state index is 0.996. The van der Waals surface area contributed by atoms with Crippen LogP contribution in [0.1, 0.15) is 287 Å². The topological polar surface area (TPSA) is 25.3 Å². The van der Waals surface area contributed by atoms with Gasteiger partial charge >= 0.3 is 0 Å². The first-order valence-electron chi connectivity index (χ1n) is 27.6. The number of unbranched alkanes of at least 4 members (excludes halogenated alkanes) is 25. The number of nitrogens with zero attached hydrogens (tertiary/aromatic N) is 2. The van der Waals surface area contributed by atoms with Crippen LogP contribution in [0, 0.1) is 0 Å². The lowest BCUT2D eigenvalue weighted by Gasteiger charge is -2.14. The Balaban J connectivity index is 1.99. The van der Waals surface area contributed by atoms with Gasteiger partial charge in [0.05, 0.1) is 0 Å². The molecule has 0 radical (unpaired) electrons. The molecule has 0 aromatic heterocycles. The summed E-state index contributed by atoms with van der Waals surface area (Å²) < 4.78 is 1.66. The molecule has 0 fully saturated rings. The van der Waals surface area contributed by atoms with Crippen LogP contribution < -0.4 is 0 Å². The standard InChI is InChI=1S/C61H98N2/c1-7-13-19-21-23-25-27-29-31-33-38-42-54-47-55(43-39-34-32-30-28-26-24-22-20-14-8-2)51-56(50-54)60-58(44-18-12-6)59(45-37-17-11-5)61(63(60)62)57-48-52(40-35-15-9-3)46-53(49-57)41-36-16-10-4/h38-39,42-43,46-51H,7-37,40-41,44-45H2,1-6H3. The maximum atomic E-state index is 12.8.